The smallest absolute Gasteiger partial charge is 0.0512 e. The average molecular weight is 802 g/mol. The van der Waals surface area contributed by atoms with Crippen LogP contribution in [0.3, 0.4) is 0 Å². The maximum atomic E-state index is 2.50. The third-order valence-corrected chi connectivity index (χ3v) is 13.5. The number of hydrogen-bond donors (Lipinski definition) is 0. The summed E-state index contributed by atoms with van der Waals surface area (Å²) in [5.41, 5.74) is 16.8. The summed E-state index contributed by atoms with van der Waals surface area (Å²) in [7, 11) is 0. The zero-order valence-electron chi connectivity index (χ0n) is 35.0. The van der Waals surface area contributed by atoms with Gasteiger partial charge in [0.05, 0.1) is 5.69 Å². The Bertz CT molecular complexity index is 3520. The third kappa shape index (κ3) is 5.92. The van der Waals surface area contributed by atoms with Crippen molar-refractivity contribution in [2.24, 2.45) is 0 Å². The molecule has 1 heteroatoms. The number of hydrogen-bond acceptors (Lipinski definition) is 1. The zero-order chi connectivity index (χ0) is 41.9. The highest BCUT2D eigenvalue weighted by Gasteiger charge is 2.43. The topological polar surface area (TPSA) is 3.24 Å². The zero-order valence-corrected chi connectivity index (χ0v) is 35.0. The number of benzene rings is 11. The van der Waals surface area contributed by atoms with E-state index in [-0.39, 0.29) is 5.41 Å². The lowest BCUT2D eigenvalue weighted by Crippen LogP contribution is -2.25. The quantitative estimate of drug-likeness (QED) is 0.145. The van der Waals surface area contributed by atoms with Gasteiger partial charge in [-0.1, -0.05) is 206 Å². The van der Waals surface area contributed by atoms with Crippen molar-refractivity contribution in [3.63, 3.8) is 0 Å². The normalized spacial score (nSPS) is 14.2. The molecule has 0 aliphatic heterocycles. The molecule has 1 nitrogen and oxygen atoms in total. The van der Waals surface area contributed by atoms with Crippen molar-refractivity contribution >= 4 is 49.4 Å². The Morgan fingerprint density at radius 2 is 0.889 bits per heavy atom. The minimum atomic E-state index is -0.387. The molecule has 1 aliphatic carbocycles. The van der Waals surface area contributed by atoms with Gasteiger partial charge in [-0.05, 0) is 137 Å². The molecule has 0 saturated heterocycles. The Labute approximate surface area is 368 Å². The van der Waals surface area contributed by atoms with Crippen LogP contribution in [-0.2, 0) is 5.41 Å². The Kier molecular flexibility index (Phi) is 8.69. The van der Waals surface area contributed by atoms with E-state index >= 15 is 0 Å². The lowest BCUT2D eigenvalue weighted by molar-refractivity contribution is 0.714. The van der Waals surface area contributed by atoms with Crippen LogP contribution in [0.2, 0.25) is 0 Å². The van der Waals surface area contributed by atoms with Crippen LogP contribution in [0.15, 0.2) is 243 Å². The van der Waals surface area contributed by atoms with Crippen LogP contribution in [0, 0.1) is 0 Å². The first kappa shape index (κ1) is 36.8. The van der Waals surface area contributed by atoms with E-state index in [1.807, 2.05) is 0 Å². The Balaban J connectivity index is 1.10. The highest BCUT2D eigenvalue weighted by Crippen LogP contribution is 2.57. The van der Waals surface area contributed by atoms with E-state index in [2.05, 4.69) is 254 Å². The van der Waals surface area contributed by atoms with Crippen LogP contribution in [-0.4, -0.2) is 0 Å². The Morgan fingerprint density at radius 1 is 0.333 bits per heavy atom. The molecule has 0 spiro atoms. The first-order valence-electron chi connectivity index (χ1n) is 21.9. The highest BCUT2D eigenvalue weighted by atomic mass is 15.1. The van der Waals surface area contributed by atoms with E-state index in [0.717, 1.165) is 16.9 Å². The van der Waals surface area contributed by atoms with Gasteiger partial charge in [0.2, 0.25) is 0 Å². The summed E-state index contributed by atoms with van der Waals surface area (Å²) in [6.45, 7) is 2.41. The van der Waals surface area contributed by atoms with E-state index in [1.54, 1.807) is 0 Å². The van der Waals surface area contributed by atoms with Gasteiger partial charge in [-0.25, -0.2) is 0 Å². The molecule has 0 bridgehead atoms. The van der Waals surface area contributed by atoms with Gasteiger partial charge in [-0.15, -0.1) is 0 Å². The van der Waals surface area contributed by atoms with E-state index in [9.17, 15) is 0 Å². The van der Waals surface area contributed by atoms with Crippen LogP contribution < -0.4 is 4.90 Å². The third-order valence-electron chi connectivity index (χ3n) is 13.5. The van der Waals surface area contributed by atoms with Gasteiger partial charge in [0.25, 0.3) is 0 Å². The molecule has 0 fully saturated rings. The highest BCUT2D eigenvalue weighted by molar-refractivity contribution is 6.22. The first-order valence-corrected chi connectivity index (χ1v) is 21.9. The molecule has 0 amide bonds. The van der Waals surface area contributed by atoms with Crippen LogP contribution in [0.25, 0.3) is 76.8 Å². The Morgan fingerprint density at radius 3 is 1.67 bits per heavy atom. The van der Waals surface area contributed by atoms with Gasteiger partial charge in [-0.3, -0.25) is 0 Å². The van der Waals surface area contributed by atoms with Crippen molar-refractivity contribution in [2.45, 2.75) is 12.3 Å². The lowest BCUT2D eigenvalue weighted by Gasteiger charge is -2.35. The molecule has 12 rings (SSSR count). The lowest BCUT2D eigenvalue weighted by atomic mass is 9.73. The number of rotatable bonds is 7. The van der Waals surface area contributed by atoms with Crippen LogP contribution in [0.1, 0.15) is 23.6 Å². The van der Waals surface area contributed by atoms with Gasteiger partial charge < -0.3 is 4.90 Å². The van der Waals surface area contributed by atoms with E-state index in [1.165, 1.54) is 93.6 Å². The minimum absolute atomic E-state index is 0.387. The van der Waals surface area contributed by atoms with Crippen molar-refractivity contribution in [3.8, 4) is 44.5 Å². The van der Waals surface area contributed by atoms with Gasteiger partial charge in [-0.2, -0.15) is 0 Å². The molecule has 11 aromatic rings. The number of fused-ring (bicyclic) bond motifs is 7. The maximum absolute atomic E-state index is 2.50. The van der Waals surface area contributed by atoms with Crippen LogP contribution in [0.4, 0.5) is 17.1 Å². The molecule has 0 aromatic heterocycles. The van der Waals surface area contributed by atoms with Crippen molar-refractivity contribution in [2.75, 3.05) is 4.90 Å². The monoisotopic (exact) mass is 801 g/mol. The molecule has 0 heterocycles. The largest absolute Gasteiger partial charge is 0.310 e. The molecular weight excluding hydrogens is 759 g/mol. The SMILES string of the molecule is CC1(c2ccccc2)c2ccccc2-c2cccc(N(c3cccc(-c4ccc5c(c4)c(-c4ccccc4)c(-c4ccccc4)c4ccccc45)c3)c3ccc4ccccc4c3)c21. The van der Waals surface area contributed by atoms with Crippen LogP contribution >= 0.6 is 0 Å². The molecular formula is C62H43N. The van der Waals surface area contributed by atoms with Gasteiger partial charge in [0, 0.05) is 16.8 Å². The van der Waals surface area contributed by atoms with Gasteiger partial charge in [0.15, 0.2) is 0 Å². The number of nitrogens with zero attached hydrogens (tertiary/aromatic N) is 1. The number of anilines is 3. The summed E-state index contributed by atoms with van der Waals surface area (Å²) in [5.74, 6) is 0. The fourth-order valence-electron chi connectivity index (χ4n) is 10.6. The minimum Gasteiger partial charge on any atom is -0.310 e. The Hall–Kier alpha value is -8.00. The molecule has 1 atom stereocenters. The molecule has 296 valence electrons. The van der Waals surface area contributed by atoms with Crippen molar-refractivity contribution < 1.29 is 0 Å². The van der Waals surface area contributed by atoms with Crippen molar-refractivity contribution in [1.29, 1.82) is 0 Å². The van der Waals surface area contributed by atoms with E-state index in [4.69, 9.17) is 0 Å². The van der Waals surface area contributed by atoms with Gasteiger partial charge in [0.1, 0.15) is 0 Å². The second-order valence-electron chi connectivity index (χ2n) is 16.9. The summed E-state index contributed by atoms with van der Waals surface area (Å²) >= 11 is 0. The van der Waals surface area contributed by atoms with Crippen LogP contribution in [0.5, 0.6) is 0 Å². The summed E-state index contributed by atoms with van der Waals surface area (Å²) in [5, 5.41) is 7.45. The van der Waals surface area contributed by atoms with Gasteiger partial charge >= 0.3 is 0 Å². The molecule has 63 heavy (non-hydrogen) atoms. The molecule has 0 saturated carbocycles. The standard InChI is InChI=1S/C62H43N/c1-62(48-26-9-4-10-27-48)57-33-16-15-30-53(57)55-32-18-34-58(61(55)62)63(50-37-35-42-19-11-12-24-45(42)39-50)49-28-17-25-46(40-49)47-36-38-52-51-29-13-14-31-54(51)59(43-20-5-2-6-21-43)60(56(52)41-47)44-22-7-3-8-23-44/h2-41H,1H3. The summed E-state index contributed by atoms with van der Waals surface area (Å²) in [4.78, 5) is 2.50. The average Bonchev–Trinajstić information content (AvgIpc) is 3.63. The maximum Gasteiger partial charge on any atom is 0.0512 e. The summed E-state index contributed by atoms with van der Waals surface area (Å²) in [6.07, 6.45) is 0. The fourth-order valence-corrected chi connectivity index (χ4v) is 10.6. The molecule has 11 aromatic carbocycles. The second-order valence-corrected chi connectivity index (χ2v) is 16.9. The summed E-state index contributed by atoms with van der Waals surface area (Å²) < 4.78 is 0. The van der Waals surface area contributed by atoms with E-state index in [0.29, 0.717) is 0 Å². The summed E-state index contributed by atoms with van der Waals surface area (Å²) in [6, 6.07) is 89.4. The molecule has 0 N–H and O–H groups in total. The predicted molar refractivity (Wildman–Crippen MR) is 267 cm³/mol. The molecule has 0 radical (unpaired) electrons. The fraction of sp³-hybridized carbons (Fsp3) is 0.0323. The second kappa shape index (κ2) is 14.9. The van der Waals surface area contributed by atoms with E-state index < -0.39 is 0 Å². The first-order chi connectivity index (χ1) is 31.1. The van der Waals surface area contributed by atoms with Crippen molar-refractivity contribution in [1.82, 2.24) is 0 Å². The molecule has 1 aliphatic rings. The van der Waals surface area contributed by atoms with Crippen molar-refractivity contribution in [3.05, 3.63) is 259 Å². The molecule has 1 unspecified atom stereocenters. The predicted octanol–water partition coefficient (Wildman–Crippen LogP) is 17.0.